The van der Waals surface area contributed by atoms with Crippen molar-refractivity contribution in [2.75, 3.05) is 22.9 Å². The van der Waals surface area contributed by atoms with Crippen LogP contribution < -0.4 is 9.80 Å². The number of hydrogen-bond acceptors (Lipinski definition) is 7. The molecule has 4 aromatic rings. The van der Waals surface area contributed by atoms with E-state index in [0.717, 1.165) is 27.9 Å². The average molecular weight is 623 g/mol. The first-order valence-corrected chi connectivity index (χ1v) is 13.2. The van der Waals surface area contributed by atoms with Crippen molar-refractivity contribution in [3.8, 4) is 0 Å². The number of aromatic nitrogens is 5. The van der Waals surface area contributed by atoms with Crippen LogP contribution in [0.2, 0.25) is 0 Å². The second kappa shape index (κ2) is 10.7. The van der Waals surface area contributed by atoms with Crippen molar-refractivity contribution in [2.24, 2.45) is 0 Å². The van der Waals surface area contributed by atoms with E-state index in [1.54, 1.807) is 4.90 Å². The number of alkyl halides is 5. The average Bonchev–Trinajstić information content (AvgIpc) is 3.45. The molecule has 10 nitrogen and oxygen atoms in total. The van der Waals surface area contributed by atoms with Crippen LogP contribution >= 0.6 is 0 Å². The molecule has 0 unspecified atom stereocenters. The summed E-state index contributed by atoms with van der Waals surface area (Å²) in [5.74, 6) is -2.96. The van der Waals surface area contributed by atoms with Crippen LogP contribution in [0.1, 0.15) is 24.0 Å². The zero-order chi connectivity index (χ0) is 31.4. The molecule has 2 aliphatic heterocycles. The number of pyridine rings is 1. The Hall–Kier alpha value is -4.83. The van der Waals surface area contributed by atoms with Crippen LogP contribution in [0, 0.1) is 11.6 Å². The third-order valence-corrected chi connectivity index (χ3v) is 7.74. The Morgan fingerprint density at radius 2 is 1.70 bits per heavy atom. The van der Waals surface area contributed by atoms with Gasteiger partial charge in [0.25, 0.3) is 12.3 Å². The zero-order valence-corrected chi connectivity index (χ0v) is 22.5. The fourth-order valence-corrected chi connectivity index (χ4v) is 5.52. The van der Waals surface area contributed by atoms with Gasteiger partial charge in [0.05, 0.1) is 24.5 Å². The fraction of sp³-hybridized carbons (Fsp3) is 0.333. The van der Waals surface area contributed by atoms with E-state index in [2.05, 4.69) is 20.1 Å². The maximum Gasteiger partial charge on any atom is 0.416 e. The van der Waals surface area contributed by atoms with Crippen LogP contribution in [0.25, 0.3) is 11.2 Å². The van der Waals surface area contributed by atoms with Gasteiger partial charge in [-0.1, -0.05) is 6.07 Å². The Morgan fingerprint density at radius 1 is 0.955 bits per heavy atom. The van der Waals surface area contributed by atoms with E-state index in [1.165, 1.54) is 12.4 Å². The van der Waals surface area contributed by atoms with Crippen molar-refractivity contribution in [3.63, 3.8) is 0 Å². The fourth-order valence-electron chi connectivity index (χ4n) is 5.52. The lowest BCUT2D eigenvalue weighted by Crippen LogP contribution is -2.56. The Bertz CT molecular complexity index is 1750. The summed E-state index contributed by atoms with van der Waals surface area (Å²) < 4.78 is 95.6. The molecule has 5 heterocycles. The molecule has 17 heteroatoms. The Labute approximate surface area is 243 Å². The lowest BCUT2D eigenvalue weighted by atomic mass is 9.85. The molecule has 0 aliphatic carbocycles. The number of benzene rings is 1. The normalized spacial score (nSPS) is 17.1. The molecule has 1 aromatic carbocycles. The molecule has 44 heavy (non-hydrogen) atoms. The number of fused-ring (bicyclic) bond motifs is 1. The molecule has 1 spiro atoms. The summed E-state index contributed by atoms with van der Waals surface area (Å²) in [6.07, 6.45) is -4.07. The van der Waals surface area contributed by atoms with Gasteiger partial charge in [-0.25, -0.2) is 46.9 Å². The minimum atomic E-state index is -4.78. The molecule has 230 valence electrons. The molecule has 2 aliphatic rings. The predicted molar refractivity (Wildman–Crippen MR) is 140 cm³/mol. The third kappa shape index (κ3) is 5.05. The number of piperidine rings is 1. The molecular formula is C27H21F7N8O2. The number of amides is 3. The van der Waals surface area contributed by atoms with Crippen LogP contribution in [0.3, 0.4) is 0 Å². The number of urea groups is 1. The predicted octanol–water partition coefficient (Wildman–Crippen LogP) is 4.79. The molecule has 3 amide bonds. The molecule has 0 bridgehead atoms. The van der Waals surface area contributed by atoms with E-state index in [4.69, 9.17) is 0 Å². The molecule has 0 N–H and O–H groups in total. The maximum absolute atomic E-state index is 14.7. The quantitative estimate of drug-likeness (QED) is 0.225. The highest BCUT2D eigenvalue weighted by atomic mass is 19.4. The smallest absolute Gasteiger partial charge is 0.355 e. The van der Waals surface area contributed by atoms with Gasteiger partial charge >= 0.3 is 12.2 Å². The van der Waals surface area contributed by atoms with Crippen molar-refractivity contribution in [3.05, 3.63) is 71.7 Å². The Balaban J connectivity index is 1.34. The first-order chi connectivity index (χ1) is 20.9. The van der Waals surface area contributed by atoms with Crippen molar-refractivity contribution in [2.45, 2.75) is 44.1 Å². The second-order valence-electron chi connectivity index (χ2n) is 10.3. The highest BCUT2D eigenvalue weighted by molar-refractivity contribution is 6.23. The van der Waals surface area contributed by atoms with Crippen LogP contribution in [0.4, 0.5) is 47.2 Å². The van der Waals surface area contributed by atoms with Gasteiger partial charge in [0.2, 0.25) is 0 Å². The van der Waals surface area contributed by atoms with Gasteiger partial charge in [-0.3, -0.25) is 4.79 Å². The minimum absolute atomic E-state index is 0.0636. The monoisotopic (exact) mass is 622 g/mol. The molecule has 0 atom stereocenters. The summed E-state index contributed by atoms with van der Waals surface area (Å²) in [5.41, 5.74) is -2.47. The summed E-state index contributed by atoms with van der Waals surface area (Å²) in [7, 11) is 0. The SMILES string of the molecule is O=C1N(c2cc(C(F)(F)F)ccn2)C(=O)C2(CCN(c3cnc4cnn(CC(F)F)c4n3)CC2)N1Cc1ccc(F)cc1F. The highest BCUT2D eigenvalue weighted by Crippen LogP contribution is 2.42. The van der Waals surface area contributed by atoms with Crippen molar-refractivity contribution in [1.82, 2.24) is 29.6 Å². The third-order valence-electron chi connectivity index (χ3n) is 7.74. The number of hydrogen-bond donors (Lipinski definition) is 0. The standard InChI is InChI=1S/C27H21F7N8O2/c28-17-2-1-15(18(29)10-17)13-40-25(44)42(21-9-16(3-6-35-21)27(32,33)34)24(43)26(40)4-7-39(8-5-26)22-12-36-19-11-37-41(14-20(30)31)23(19)38-22/h1-3,6,9-12,20H,4-5,7-8,13-14H2. The summed E-state index contributed by atoms with van der Waals surface area (Å²) in [4.78, 5) is 43.5. The largest absolute Gasteiger partial charge is 0.416 e. The molecule has 3 aromatic heterocycles. The van der Waals surface area contributed by atoms with Crippen molar-refractivity contribution >= 4 is 34.7 Å². The second-order valence-corrected chi connectivity index (χ2v) is 10.3. The topological polar surface area (TPSA) is 100 Å². The molecule has 0 radical (unpaired) electrons. The van der Waals surface area contributed by atoms with Crippen LogP contribution in [-0.4, -0.2) is 66.6 Å². The first kappa shape index (κ1) is 29.3. The van der Waals surface area contributed by atoms with Gasteiger partial charge in [0.15, 0.2) is 5.65 Å². The van der Waals surface area contributed by atoms with Gasteiger partial charge in [-0.2, -0.15) is 18.3 Å². The number of carbonyl (C=O) groups is 2. The van der Waals surface area contributed by atoms with Gasteiger partial charge in [0, 0.05) is 30.9 Å². The van der Waals surface area contributed by atoms with Crippen LogP contribution in [0.5, 0.6) is 0 Å². The first-order valence-electron chi connectivity index (χ1n) is 13.2. The maximum atomic E-state index is 14.7. The van der Waals surface area contributed by atoms with Crippen molar-refractivity contribution in [1.29, 1.82) is 0 Å². The number of nitrogens with zero attached hydrogens (tertiary/aromatic N) is 8. The molecule has 6 rings (SSSR count). The molecule has 2 saturated heterocycles. The number of carbonyl (C=O) groups excluding carboxylic acids is 2. The minimum Gasteiger partial charge on any atom is -0.355 e. The van der Waals surface area contributed by atoms with E-state index in [9.17, 15) is 40.3 Å². The van der Waals surface area contributed by atoms with Gasteiger partial charge in [-0.15, -0.1) is 0 Å². The van der Waals surface area contributed by atoms with Gasteiger partial charge in [0.1, 0.15) is 40.9 Å². The number of rotatable bonds is 6. The van der Waals surface area contributed by atoms with E-state index < -0.39 is 66.2 Å². The molecule has 0 saturated carbocycles. The van der Waals surface area contributed by atoms with E-state index >= 15 is 0 Å². The number of halogens is 7. The number of imide groups is 1. The zero-order valence-electron chi connectivity index (χ0n) is 22.5. The van der Waals surface area contributed by atoms with Gasteiger partial charge < -0.3 is 9.80 Å². The Kier molecular flexibility index (Phi) is 7.12. The van der Waals surface area contributed by atoms with E-state index in [0.29, 0.717) is 23.1 Å². The van der Waals surface area contributed by atoms with Crippen molar-refractivity contribution < 1.29 is 40.3 Å². The summed E-state index contributed by atoms with van der Waals surface area (Å²) in [5, 5.41) is 3.89. The summed E-state index contributed by atoms with van der Waals surface area (Å²) in [6.45, 7) is -1.02. The Morgan fingerprint density at radius 3 is 2.39 bits per heavy atom. The van der Waals surface area contributed by atoms with Gasteiger partial charge in [-0.05, 0) is 31.0 Å². The van der Waals surface area contributed by atoms with E-state index in [-0.39, 0.29) is 48.5 Å². The van der Waals surface area contributed by atoms with E-state index in [1.807, 2.05) is 0 Å². The lowest BCUT2D eigenvalue weighted by Gasteiger charge is -2.42. The van der Waals surface area contributed by atoms with Crippen LogP contribution in [-0.2, 0) is 24.1 Å². The molecule has 2 fully saturated rings. The highest BCUT2D eigenvalue weighted by Gasteiger charge is 2.59. The lowest BCUT2D eigenvalue weighted by molar-refractivity contribution is -0.137. The number of anilines is 2. The summed E-state index contributed by atoms with van der Waals surface area (Å²) >= 11 is 0. The van der Waals surface area contributed by atoms with Crippen LogP contribution in [0.15, 0.2) is 48.9 Å². The molecular weight excluding hydrogens is 601 g/mol. The summed E-state index contributed by atoms with van der Waals surface area (Å²) in [6, 6.07) is 2.97.